The van der Waals surface area contributed by atoms with E-state index in [0.29, 0.717) is 10.9 Å². The van der Waals surface area contributed by atoms with Crippen molar-refractivity contribution in [3.63, 3.8) is 0 Å². The molecule has 6 heteroatoms. The van der Waals surface area contributed by atoms with Crippen molar-refractivity contribution in [3.8, 4) is 0 Å². The summed E-state index contributed by atoms with van der Waals surface area (Å²) in [5.74, 6) is -0.752. The zero-order valence-electron chi connectivity index (χ0n) is 10.7. The van der Waals surface area contributed by atoms with Crippen molar-refractivity contribution in [3.05, 3.63) is 66.8 Å². The van der Waals surface area contributed by atoms with Crippen molar-refractivity contribution in [1.29, 1.82) is 0 Å². The Morgan fingerprint density at radius 1 is 0.857 bits per heavy atom. The van der Waals surface area contributed by atoms with Crippen molar-refractivity contribution in [2.75, 3.05) is 5.33 Å². The maximum atomic E-state index is 11.1. The van der Waals surface area contributed by atoms with E-state index in [-0.39, 0.29) is 5.78 Å². The van der Waals surface area contributed by atoms with Crippen molar-refractivity contribution in [1.82, 2.24) is 0 Å². The van der Waals surface area contributed by atoms with E-state index in [1.807, 2.05) is 24.3 Å². The molecule has 0 aromatic heterocycles. The number of carboxylic acid groups (broad SMARTS) is 1. The fraction of sp³-hybridized carbons (Fsp3) is 0.0667. The molecule has 0 saturated heterocycles. The molecule has 0 amide bonds. The largest absolute Gasteiger partial charge is 0.478 e. The zero-order chi connectivity index (χ0) is 15.8. The molecule has 0 heterocycles. The standard InChI is InChI=1S/C8H6BrIO.C7H5IO2/c9-5-8(11)6-1-3-7(10)4-2-6;8-6-3-1-5(2-4-6)7(9)10/h1-4H,5H2;1-4H,(H,9,10). The third-order valence-electron chi connectivity index (χ3n) is 2.38. The number of hydrogen-bond donors (Lipinski definition) is 1. The summed E-state index contributed by atoms with van der Waals surface area (Å²) in [6.07, 6.45) is 0. The van der Waals surface area contributed by atoms with E-state index in [1.54, 1.807) is 24.3 Å². The lowest BCUT2D eigenvalue weighted by atomic mass is 10.2. The molecular formula is C15H11BrI2O3. The summed E-state index contributed by atoms with van der Waals surface area (Å²) in [5.41, 5.74) is 1.10. The molecule has 0 aliphatic rings. The number of carboxylic acids is 1. The summed E-state index contributed by atoms with van der Waals surface area (Å²) in [5, 5.41) is 8.87. The highest BCUT2D eigenvalue weighted by Crippen LogP contribution is 2.08. The number of carbonyl (C=O) groups excluding carboxylic acids is 1. The Kier molecular flexibility index (Phi) is 8.42. The van der Waals surface area contributed by atoms with Gasteiger partial charge in [0.1, 0.15) is 0 Å². The number of halogens is 3. The molecule has 21 heavy (non-hydrogen) atoms. The molecule has 2 aromatic carbocycles. The van der Waals surface area contributed by atoms with Crippen molar-refractivity contribution < 1.29 is 14.7 Å². The van der Waals surface area contributed by atoms with Crippen LogP contribution in [0.15, 0.2) is 48.5 Å². The first-order valence-electron chi connectivity index (χ1n) is 5.77. The molecule has 0 aliphatic carbocycles. The fourth-order valence-corrected chi connectivity index (χ4v) is 2.35. The van der Waals surface area contributed by atoms with Crippen LogP contribution in [0.4, 0.5) is 0 Å². The summed E-state index contributed by atoms with van der Waals surface area (Å²) in [6, 6.07) is 14.2. The minimum Gasteiger partial charge on any atom is -0.478 e. The molecule has 0 atom stereocenters. The van der Waals surface area contributed by atoms with Crippen molar-refractivity contribution in [2.45, 2.75) is 0 Å². The second-order valence-electron chi connectivity index (χ2n) is 3.88. The summed E-state index contributed by atoms with van der Waals surface area (Å²) in [6.45, 7) is 0. The Hall–Kier alpha value is -0.480. The monoisotopic (exact) mass is 572 g/mol. The topological polar surface area (TPSA) is 54.4 Å². The second-order valence-corrected chi connectivity index (χ2v) is 6.93. The van der Waals surface area contributed by atoms with Gasteiger partial charge in [-0.3, -0.25) is 4.79 Å². The third-order valence-corrected chi connectivity index (χ3v) is 4.33. The lowest BCUT2D eigenvalue weighted by Gasteiger charge is -1.95. The number of carbonyl (C=O) groups is 2. The predicted octanol–water partition coefficient (Wildman–Crippen LogP) is 4.86. The van der Waals surface area contributed by atoms with Crippen LogP contribution in [0.2, 0.25) is 0 Å². The lowest BCUT2D eigenvalue weighted by molar-refractivity contribution is 0.0696. The van der Waals surface area contributed by atoms with E-state index in [2.05, 4.69) is 61.1 Å². The van der Waals surface area contributed by atoms with Crippen molar-refractivity contribution >= 4 is 72.9 Å². The maximum absolute atomic E-state index is 11.1. The zero-order valence-corrected chi connectivity index (χ0v) is 16.6. The molecule has 1 N–H and O–H groups in total. The van der Waals surface area contributed by atoms with E-state index in [0.717, 1.165) is 12.7 Å². The number of rotatable bonds is 3. The number of Topliss-reactive ketones (excluding diaryl/α,β-unsaturated/α-hetero) is 1. The van der Waals surface area contributed by atoms with Crippen LogP contribution in [0.5, 0.6) is 0 Å². The highest BCUT2D eigenvalue weighted by molar-refractivity contribution is 14.1. The number of aromatic carboxylic acids is 1. The highest BCUT2D eigenvalue weighted by Gasteiger charge is 2.01. The van der Waals surface area contributed by atoms with Gasteiger partial charge in [0, 0.05) is 12.7 Å². The Morgan fingerprint density at radius 3 is 1.57 bits per heavy atom. The molecule has 0 fully saturated rings. The average molecular weight is 573 g/mol. The normalized spacial score (nSPS) is 9.48. The van der Waals surface area contributed by atoms with Crippen LogP contribution in [0.1, 0.15) is 20.7 Å². The molecular weight excluding hydrogens is 562 g/mol. The van der Waals surface area contributed by atoms with E-state index >= 15 is 0 Å². The van der Waals surface area contributed by atoms with Gasteiger partial charge < -0.3 is 5.11 Å². The molecule has 2 aromatic rings. The molecule has 110 valence electrons. The minimum absolute atomic E-state index is 0.126. The molecule has 0 bridgehead atoms. The average Bonchev–Trinajstić information content (AvgIpc) is 2.48. The summed E-state index contributed by atoms with van der Waals surface area (Å²) in [4.78, 5) is 21.4. The number of ketones is 1. The molecule has 0 aliphatic heterocycles. The smallest absolute Gasteiger partial charge is 0.335 e. The predicted molar refractivity (Wildman–Crippen MR) is 103 cm³/mol. The summed E-state index contributed by atoms with van der Waals surface area (Å²) < 4.78 is 2.19. The van der Waals surface area contributed by atoms with Crippen molar-refractivity contribution in [2.24, 2.45) is 0 Å². The SMILES string of the molecule is O=C(CBr)c1ccc(I)cc1.O=C(O)c1ccc(I)cc1. The van der Waals surface area contributed by atoms with Gasteiger partial charge in [-0.05, 0) is 81.6 Å². The van der Waals surface area contributed by atoms with E-state index in [9.17, 15) is 9.59 Å². The lowest BCUT2D eigenvalue weighted by Crippen LogP contribution is -1.98. The Bertz CT molecular complexity index is 610. The first kappa shape index (κ1) is 18.6. The van der Waals surface area contributed by atoms with Crippen LogP contribution in [0, 0.1) is 7.14 Å². The first-order valence-corrected chi connectivity index (χ1v) is 9.05. The second kappa shape index (κ2) is 9.52. The van der Waals surface area contributed by atoms with Crippen LogP contribution >= 0.6 is 61.1 Å². The molecule has 0 radical (unpaired) electrons. The molecule has 3 nitrogen and oxygen atoms in total. The van der Waals surface area contributed by atoms with Gasteiger partial charge >= 0.3 is 5.97 Å². The van der Waals surface area contributed by atoms with Gasteiger partial charge in [0.05, 0.1) is 10.9 Å². The quantitative estimate of drug-likeness (QED) is 0.325. The highest BCUT2D eigenvalue weighted by atomic mass is 127. The Balaban J connectivity index is 0.000000211. The van der Waals surface area contributed by atoms with Crippen LogP contribution < -0.4 is 0 Å². The Labute approximate surface area is 158 Å². The molecule has 0 spiro atoms. The van der Waals surface area contributed by atoms with Crippen LogP contribution in [-0.4, -0.2) is 22.2 Å². The summed E-state index contributed by atoms with van der Waals surface area (Å²) >= 11 is 7.45. The van der Waals surface area contributed by atoms with Crippen LogP contribution in [0.3, 0.4) is 0 Å². The van der Waals surface area contributed by atoms with E-state index in [4.69, 9.17) is 5.11 Å². The third kappa shape index (κ3) is 6.88. The first-order chi connectivity index (χ1) is 9.93. The Morgan fingerprint density at radius 2 is 1.24 bits per heavy atom. The molecule has 2 rings (SSSR count). The van der Waals surface area contributed by atoms with E-state index < -0.39 is 5.97 Å². The fourth-order valence-electron chi connectivity index (χ4n) is 1.31. The van der Waals surface area contributed by atoms with Gasteiger partial charge in [0.15, 0.2) is 5.78 Å². The number of hydrogen-bond acceptors (Lipinski definition) is 2. The minimum atomic E-state index is -0.878. The number of alkyl halides is 1. The van der Waals surface area contributed by atoms with Crippen LogP contribution in [-0.2, 0) is 0 Å². The van der Waals surface area contributed by atoms with Gasteiger partial charge in [0.25, 0.3) is 0 Å². The molecule has 0 unspecified atom stereocenters. The maximum Gasteiger partial charge on any atom is 0.335 e. The number of benzene rings is 2. The van der Waals surface area contributed by atoms with Gasteiger partial charge in [-0.25, -0.2) is 4.79 Å². The van der Waals surface area contributed by atoms with E-state index in [1.165, 1.54) is 0 Å². The van der Waals surface area contributed by atoms with Crippen LogP contribution in [0.25, 0.3) is 0 Å². The van der Waals surface area contributed by atoms with Gasteiger partial charge in [-0.1, -0.05) is 28.1 Å². The van der Waals surface area contributed by atoms with Gasteiger partial charge in [-0.15, -0.1) is 0 Å². The van der Waals surface area contributed by atoms with Gasteiger partial charge in [-0.2, -0.15) is 0 Å². The summed E-state index contributed by atoms with van der Waals surface area (Å²) in [7, 11) is 0. The van der Waals surface area contributed by atoms with Gasteiger partial charge in [0.2, 0.25) is 0 Å². The molecule has 0 saturated carbocycles.